The lowest BCUT2D eigenvalue weighted by Crippen LogP contribution is -2.11. The minimum atomic E-state index is -0.839. The largest absolute Gasteiger partial charge is 0.508 e. The molecule has 5 N–H and O–H groups in total. The first-order valence-corrected chi connectivity index (χ1v) is 4.09. The van der Waals surface area contributed by atoms with Crippen LogP contribution in [0.4, 0.5) is 5.69 Å². The van der Waals surface area contributed by atoms with Crippen LogP contribution in [0.25, 0.3) is 0 Å². The molecule has 5 nitrogen and oxygen atoms in total. The Morgan fingerprint density at radius 2 is 2.21 bits per heavy atom. The maximum absolute atomic E-state index is 10.2. The summed E-state index contributed by atoms with van der Waals surface area (Å²) in [5, 5.41) is 21.0. The number of anilines is 1. The molecule has 1 rings (SSSR count). The summed E-state index contributed by atoms with van der Waals surface area (Å²) in [4.78, 5) is 10.2. The molecule has 1 amide bonds. The average Bonchev–Trinajstić information content (AvgIpc) is 2.16. The Labute approximate surface area is 81.2 Å². The number of hydrogen-bond donors (Lipinski definition) is 4. The smallest absolute Gasteiger partial charge is 0.211 e. The molecule has 14 heavy (non-hydrogen) atoms. The van der Waals surface area contributed by atoms with E-state index in [0.29, 0.717) is 17.7 Å². The Bertz CT molecular complexity index is 328. The number of carbonyl (C=O) groups excluding carboxylic acids is 1. The van der Waals surface area contributed by atoms with Gasteiger partial charge in [0.05, 0.1) is 6.10 Å². The number of hydrogen-bond acceptors (Lipinski definition) is 4. The number of rotatable bonds is 4. The molecule has 0 radical (unpaired) electrons. The van der Waals surface area contributed by atoms with Crippen LogP contribution < -0.4 is 11.1 Å². The van der Waals surface area contributed by atoms with Crippen molar-refractivity contribution >= 4 is 12.1 Å². The van der Waals surface area contributed by atoms with Crippen LogP contribution in [0.3, 0.4) is 0 Å². The van der Waals surface area contributed by atoms with Gasteiger partial charge in [0.25, 0.3) is 0 Å². The topological polar surface area (TPSA) is 95.6 Å². The molecular formula is C9H12N2O3. The Morgan fingerprint density at radius 3 is 2.79 bits per heavy atom. The lowest BCUT2D eigenvalue weighted by molar-refractivity contribution is -0.105. The average molecular weight is 196 g/mol. The number of nitrogens with one attached hydrogen (secondary N) is 1. The van der Waals surface area contributed by atoms with Crippen LogP contribution >= 0.6 is 0 Å². The highest BCUT2D eigenvalue weighted by molar-refractivity contribution is 5.72. The second-order valence-electron chi connectivity index (χ2n) is 2.83. The van der Waals surface area contributed by atoms with Gasteiger partial charge in [-0.2, -0.15) is 0 Å². The standard InChI is InChI=1S/C9H12N2O3/c10-4-9(14)6-1-7(11-5-12)3-8(13)2-6/h1-3,5,9,13-14H,4,10H2,(H,11,12). The van der Waals surface area contributed by atoms with Crippen molar-refractivity contribution in [2.75, 3.05) is 11.9 Å². The number of aliphatic hydroxyl groups is 1. The molecule has 1 atom stereocenters. The number of benzene rings is 1. The first-order valence-electron chi connectivity index (χ1n) is 4.09. The van der Waals surface area contributed by atoms with Crippen molar-refractivity contribution in [2.24, 2.45) is 5.73 Å². The van der Waals surface area contributed by atoms with Crippen LogP contribution in [0.1, 0.15) is 11.7 Å². The second-order valence-corrected chi connectivity index (χ2v) is 2.83. The van der Waals surface area contributed by atoms with Crippen LogP contribution in [0.5, 0.6) is 5.75 Å². The van der Waals surface area contributed by atoms with E-state index in [9.17, 15) is 15.0 Å². The van der Waals surface area contributed by atoms with E-state index in [0.717, 1.165) is 0 Å². The highest BCUT2D eigenvalue weighted by atomic mass is 16.3. The molecule has 5 heteroatoms. The highest BCUT2D eigenvalue weighted by Gasteiger charge is 2.07. The van der Waals surface area contributed by atoms with Gasteiger partial charge in [0, 0.05) is 18.3 Å². The van der Waals surface area contributed by atoms with Crippen LogP contribution in [0.2, 0.25) is 0 Å². The van der Waals surface area contributed by atoms with E-state index in [1.807, 2.05) is 0 Å². The van der Waals surface area contributed by atoms with Crippen LogP contribution in [-0.4, -0.2) is 23.2 Å². The zero-order valence-corrected chi connectivity index (χ0v) is 7.47. The van der Waals surface area contributed by atoms with Crippen molar-refractivity contribution in [3.05, 3.63) is 23.8 Å². The maximum Gasteiger partial charge on any atom is 0.211 e. The van der Waals surface area contributed by atoms with E-state index in [1.54, 1.807) is 6.07 Å². The molecule has 0 aliphatic rings. The SMILES string of the molecule is NCC(O)c1cc(O)cc(NC=O)c1. The van der Waals surface area contributed by atoms with Gasteiger partial charge in [-0.3, -0.25) is 4.79 Å². The molecule has 0 fully saturated rings. The first-order chi connectivity index (χ1) is 6.67. The Morgan fingerprint density at radius 1 is 1.50 bits per heavy atom. The van der Waals surface area contributed by atoms with Crippen LogP contribution in [-0.2, 0) is 4.79 Å². The van der Waals surface area contributed by atoms with Gasteiger partial charge in [-0.05, 0) is 17.7 Å². The van der Waals surface area contributed by atoms with Gasteiger partial charge in [-0.1, -0.05) is 0 Å². The molecule has 0 aliphatic heterocycles. The minimum Gasteiger partial charge on any atom is -0.508 e. The van der Waals surface area contributed by atoms with Gasteiger partial charge in [0.2, 0.25) is 6.41 Å². The van der Waals surface area contributed by atoms with Crippen LogP contribution in [0, 0.1) is 0 Å². The molecule has 1 aromatic carbocycles. The zero-order valence-electron chi connectivity index (χ0n) is 7.47. The summed E-state index contributed by atoms with van der Waals surface area (Å²) in [6.45, 7) is 0.0595. The molecule has 0 aromatic heterocycles. The van der Waals surface area contributed by atoms with Crippen molar-refractivity contribution in [3.63, 3.8) is 0 Å². The minimum absolute atomic E-state index is 0.0284. The summed E-state index contributed by atoms with van der Waals surface area (Å²) in [7, 11) is 0. The summed E-state index contributed by atoms with van der Waals surface area (Å²) >= 11 is 0. The van der Waals surface area contributed by atoms with E-state index < -0.39 is 6.10 Å². The molecule has 1 aromatic rings. The fraction of sp³-hybridized carbons (Fsp3) is 0.222. The van der Waals surface area contributed by atoms with Crippen molar-refractivity contribution in [1.29, 1.82) is 0 Å². The highest BCUT2D eigenvalue weighted by Crippen LogP contribution is 2.23. The predicted octanol–water partition coefficient (Wildman–Crippen LogP) is -0.0474. The molecule has 0 spiro atoms. The first kappa shape index (κ1) is 10.5. The van der Waals surface area contributed by atoms with Crippen molar-refractivity contribution < 1.29 is 15.0 Å². The van der Waals surface area contributed by atoms with Crippen molar-refractivity contribution in [2.45, 2.75) is 6.10 Å². The molecule has 0 saturated carbocycles. The molecule has 0 heterocycles. The summed E-state index contributed by atoms with van der Waals surface area (Å²) in [5.41, 5.74) is 6.14. The second kappa shape index (κ2) is 4.59. The number of carbonyl (C=O) groups is 1. The maximum atomic E-state index is 10.2. The number of nitrogens with two attached hydrogens (primary N) is 1. The van der Waals surface area contributed by atoms with Crippen LogP contribution in [0.15, 0.2) is 18.2 Å². The zero-order chi connectivity index (χ0) is 10.6. The number of phenolic OH excluding ortho intramolecular Hbond substituents is 1. The third-order valence-electron chi connectivity index (χ3n) is 1.77. The third-order valence-corrected chi connectivity index (χ3v) is 1.77. The van der Waals surface area contributed by atoms with Gasteiger partial charge in [-0.25, -0.2) is 0 Å². The van der Waals surface area contributed by atoms with E-state index in [4.69, 9.17) is 5.73 Å². The van der Waals surface area contributed by atoms with Gasteiger partial charge in [-0.15, -0.1) is 0 Å². The molecular weight excluding hydrogens is 184 g/mol. The summed E-state index contributed by atoms with van der Waals surface area (Å²) in [6, 6.07) is 4.32. The number of aromatic hydroxyl groups is 1. The number of amides is 1. The Kier molecular flexibility index (Phi) is 3.44. The number of phenols is 1. The molecule has 0 bridgehead atoms. The van der Waals surface area contributed by atoms with E-state index in [1.165, 1.54) is 12.1 Å². The van der Waals surface area contributed by atoms with E-state index in [2.05, 4.69) is 5.32 Å². The summed E-state index contributed by atoms with van der Waals surface area (Å²) in [6.07, 6.45) is -0.345. The lowest BCUT2D eigenvalue weighted by Gasteiger charge is -2.10. The predicted molar refractivity (Wildman–Crippen MR) is 51.8 cm³/mol. The summed E-state index contributed by atoms with van der Waals surface area (Å²) < 4.78 is 0. The molecule has 0 aliphatic carbocycles. The monoisotopic (exact) mass is 196 g/mol. The Balaban J connectivity index is 3.00. The van der Waals surface area contributed by atoms with Crippen molar-refractivity contribution in [1.82, 2.24) is 0 Å². The normalized spacial score (nSPS) is 12.1. The summed E-state index contributed by atoms with van der Waals surface area (Å²) in [5.74, 6) is -0.0284. The molecule has 76 valence electrons. The Hall–Kier alpha value is -1.59. The van der Waals surface area contributed by atoms with Gasteiger partial charge in [0.1, 0.15) is 5.75 Å². The third kappa shape index (κ3) is 2.45. The van der Waals surface area contributed by atoms with Gasteiger partial charge < -0.3 is 21.3 Å². The molecule has 1 unspecified atom stereocenters. The molecule has 0 saturated heterocycles. The fourth-order valence-corrected chi connectivity index (χ4v) is 1.11. The van der Waals surface area contributed by atoms with Gasteiger partial charge in [0.15, 0.2) is 0 Å². The fourth-order valence-electron chi connectivity index (χ4n) is 1.11. The van der Waals surface area contributed by atoms with Gasteiger partial charge >= 0.3 is 0 Å². The quantitative estimate of drug-likeness (QED) is 0.508. The lowest BCUT2D eigenvalue weighted by atomic mass is 10.1. The number of aliphatic hydroxyl groups excluding tert-OH is 1. The van der Waals surface area contributed by atoms with E-state index in [-0.39, 0.29) is 12.3 Å². The van der Waals surface area contributed by atoms with Crippen molar-refractivity contribution in [3.8, 4) is 5.75 Å². The van der Waals surface area contributed by atoms with E-state index >= 15 is 0 Å².